The normalized spacial score (nSPS) is 20.3. The second kappa shape index (κ2) is 4.69. The van der Waals surface area contributed by atoms with Crippen LogP contribution in [0.2, 0.25) is 0 Å². The highest BCUT2D eigenvalue weighted by atomic mass is 32.1. The molecule has 0 N–H and O–H groups in total. The van der Waals surface area contributed by atoms with Crippen molar-refractivity contribution in [2.24, 2.45) is 4.99 Å². The summed E-state index contributed by atoms with van der Waals surface area (Å²) in [6.45, 7) is 8.04. The number of isothiocyanates is 1. The van der Waals surface area contributed by atoms with Crippen molar-refractivity contribution < 1.29 is 4.74 Å². The van der Waals surface area contributed by atoms with Crippen LogP contribution in [-0.2, 0) is 10.2 Å². The van der Waals surface area contributed by atoms with Crippen molar-refractivity contribution in [2.75, 3.05) is 13.2 Å². The first kappa shape index (κ1) is 12.4. The van der Waals surface area contributed by atoms with Crippen LogP contribution in [0.5, 0.6) is 0 Å². The monoisotopic (exact) mass is 251 g/mol. The van der Waals surface area contributed by atoms with Gasteiger partial charge in [-0.2, -0.15) is 10.1 Å². The molecule has 1 saturated heterocycles. The fraction of sp³-hybridized carbons (Fsp3) is 0.667. The van der Waals surface area contributed by atoms with Gasteiger partial charge in [0.1, 0.15) is 0 Å². The van der Waals surface area contributed by atoms with Crippen LogP contribution in [0.1, 0.15) is 38.9 Å². The van der Waals surface area contributed by atoms with Gasteiger partial charge in [0.05, 0.1) is 17.8 Å². The molecule has 0 saturated carbocycles. The van der Waals surface area contributed by atoms with Gasteiger partial charge in [-0.3, -0.25) is 4.68 Å². The van der Waals surface area contributed by atoms with Crippen LogP contribution < -0.4 is 0 Å². The average molecular weight is 251 g/mol. The summed E-state index contributed by atoms with van der Waals surface area (Å²) in [7, 11) is 0. The average Bonchev–Trinajstić information content (AvgIpc) is 2.82. The molecule has 0 bridgehead atoms. The number of rotatable bonds is 2. The van der Waals surface area contributed by atoms with Gasteiger partial charge in [-0.15, -0.1) is 0 Å². The molecule has 0 amide bonds. The lowest BCUT2D eigenvalue weighted by molar-refractivity contribution is 0.183. The predicted octanol–water partition coefficient (Wildman–Crippen LogP) is 2.88. The van der Waals surface area contributed by atoms with E-state index in [0.29, 0.717) is 11.9 Å². The Morgan fingerprint density at radius 3 is 2.88 bits per heavy atom. The summed E-state index contributed by atoms with van der Waals surface area (Å²) in [4.78, 5) is 3.96. The Hall–Kier alpha value is -1.03. The van der Waals surface area contributed by atoms with E-state index < -0.39 is 0 Å². The lowest BCUT2D eigenvalue weighted by Gasteiger charge is -2.22. The minimum Gasteiger partial charge on any atom is -0.379 e. The second-order valence-electron chi connectivity index (χ2n) is 5.30. The summed E-state index contributed by atoms with van der Waals surface area (Å²) in [6.07, 6.45) is 1.01. The number of thiocarbonyl (C=S) groups is 1. The van der Waals surface area contributed by atoms with Gasteiger partial charge in [0.2, 0.25) is 0 Å². The van der Waals surface area contributed by atoms with Crippen LogP contribution >= 0.6 is 12.2 Å². The molecule has 1 fully saturated rings. The van der Waals surface area contributed by atoms with Crippen molar-refractivity contribution in [1.82, 2.24) is 9.78 Å². The molecule has 5 heteroatoms. The Labute approximate surface area is 107 Å². The van der Waals surface area contributed by atoms with E-state index in [0.717, 1.165) is 25.3 Å². The van der Waals surface area contributed by atoms with Crippen molar-refractivity contribution >= 4 is 23.2 Å². The fourth-order valence-electron chi connectivity index (χ4n) is 2.04. The molecule has 2 heterocycles. The van der Waals surface area contributed by atoms with Crippen LogP contribution in [0.3, 0.4) is 0 Å². The van der Waals surface area contributed by atoms with E-state index >= 15 is 0 Å². The Balaban J connectivity index is 2.43. The lowest BCUT2D eigenvalue weighted by Crippen LogP contribution is -2.22. The van der Waals surface area contributed by atoms with E-state index in [4.69, 9.17) is 4.74 Å². The Morgan fingerprint density at radius 2 is 2.35 bits per heavy atom. The van der Waals surface area contributed by atoms with Gasteiger partial charge in [0.15, 0.2) is 5.82 Å². The van der Waals surface area contributed by atoms with E-state index in [2.05, 4.69) is 48.2 Å². The van der Waals surface area contributed by atoms with Crippen molar-refractivity contribution in [3.63, 3.8) is 0 Å². The molecule has 1 aromatic heterocycles. The third kappa shape index (κ3) is 2.63. The zero-order valence-electron chi connectivity index (χ0n) is 10.4. The number of ether oxygens (including phenoxy) is 1. The topological polar surface area (TPSA) is 39.4 Å². The summed E-state index contributed by atoms with van der Waals surface area (Å²) in [5, 5.41) is 6.86. The first-order valence-electron chi connectivity index (χ1n) is 5.78. The highest BCUT2D eigenvalue weighted by Crippen LogP contribution is 2.30. The van der Waals surface area contributed by atoms with Crippen LogP contribution in [-0.4, -0.2) is 28.2 Å². The van der Waals surface area contributed by atoms with Gasteiger partial charge in [0.25, 0.3) is 0 Å². The second-order valence-corrected chi connectivity index (χ2v) is 5.49. The van der Waals surface area contributed by atoms with E-state index in [1.807, 2.05) is 10.7 Å². The summed E-state index contributed by atoms with van der Waals surface area (Å²) < 4.78 is 7.46. The van der Waals surface area contributed by atoms with Crippen LogP contribution in [0.4, 0.5) is 5.82 Å². The number of nitrogens with zero attached hydrogens (tertiary/aromatic N) is 3. The van der Waals surface area contributed by atoms with E-state index in [-0.39, 0.29) is 5.41 Å². The summed E-state index contributed by atoms with van der Waals surface area (Å²) in [5.74, 6) is 0.636. The zero-order chi connectivity index (χ0) is 12.5. The standard InChI is InChI=1S/C12H17N3OS/c1-12(2,3)10-6-11(13-8-17)14-15(10)9-4-5-16-7-9/h6,9H,4-5,7H2,1-3H3/t9-/m0/s1. The van der Waals surface area contributed by atoms with Gasteiger partial charge >= 0.3 is 0 Å². The van der Waals surface area contributed by atoms with E-state index in [1.165, 1.54) is 0 Å². The largest absolute Gasteiger partial charge is 0.379 e. The number of aliphatic imine (C=N–C) groups is 1. The first-order valence-corrected chi connectivity index (χ1v) is 6.19. The minimum atomic E-state index is 0.0326. The Bertz CT molecular complexity index is 449. The maximum absolute atomic E-state index is 5.42. The fourth-order valence-corrected chi connectivity index (χ4v) is 2.13. The Morgan fingerprint density at radius 1 is 1.59 bits per heavy atom. The number of hydrogen-bond donors (Lipinski definition) is 0. The van der Waals surface area contributed by atoms with Gasteiger partial charge in [-0.25, -0.2) is 0 Å². The molecule has 1 aliphatic rings. The molecule has 1 aliphatic heterocycles. The summed E-state index contributed by atoms with van der Waals surface area (Å²) in [6, 6.07) is 2.30. The van der Waals surface area contributed by atoms with E-state index in [9.17, 15) is 0 Å². The van der Waals surface area contributed by atoms with E-state index in [1.54, 1.807) is 0 Å². The molecule has 0 spiro atoms. The highest BCUT2D eigenvalue weighted by Gasteiger charge is 2.27. The highest BCUT2D eigenvalue weighted by molar-refractivity contribution is 7.78. The molecule has 2 rings (SSSR count). The van der Waals surface area contributed by atoms with Gasteiger partial charge < -0.3 is 4.74 Å². The molecule has 17 heavy (non-hydrogen) atoms. The molecule has 4 nitrogen and oxygen atoms in total. The maximum atomic E-state index is 5.42. The molecule has 0 unspecified atom stereocenters. The quantitative estimate of drug-likeness (QED) is 0.599. The van der Waals surface area contributed by atoms with Crippen molar-refractivity contribution in [1.29, 1.82) is 0 Å². The molecule has 0 aromatic carbocycles. The third-order valence-corrected chi connectivity index (χ3v) is 2.99. The smallest absolute Gasteiger partial charge is 0.184 e. The Kier molecular flexibility index (Phi) is 3.43. The first-order chi connectivity index (χ1) is 8.02. The van der Waals surface area contributed by atoms with Crippen LogP contribution in [0, 0.1) is 0 Å². The van der Waals surface area contributed by atoms with Crippen molar-refractivity contribution in [3.8, 4) is 0 Å². The van der Waals surface area contributed by atoms with Gasteiger partial charge in [-0.05, 0) is 18.6 Å². The lowest BCUT2D eigenvalue weighted by atomic mass is 9.91. The number of aromatic nitrogens is 2. The maximum Gasteiger partial charge on any atom is 0.184 e. The van der Waals surface area contributed by atoms with Gasteiger partial charge in [-0.1, -0.05) is 20.8 Å². The van der Waals surface area contributed by atoms with Crippen molar-refractivity contribution in [2.45, 2.75) is 38.6 Å². The SMILES string of the molecule is CC(C)(C)c1cc(N=C=S)nn1[C@H]1CCOC1. The molecular formula is C12H17N3OS. The van der Waals surface area contributed by atoms with Crippen LogP contribution in [0.15, 0.2) is 11.1 Å². The zero-order valence-corrected chi connectivity index (χ0v) is 11.3. The molecule has 1 atom stereocenters. The van der Waals surface area contributed by atoms with Crippen molar-refractivity contribution in [3.05, 3.63) is 11.8 Å². The predicted molar refractivity (Wildman–Crippen MR) is 70.1 cm³/mol. The molecule has 92 valence electrons. The summed E-state index contributed by atoms with van der Waals surface area (Å²) in [5.41, 5.74) is 1.20. The molecule has 0 radical (unpaired) electrons. The molecule has 0 aliphatic carbocycles. The van der Waals surface area contributed by atoms with Gasteiger partial charge in [0, 0.05) is 23.8 Å². The van der Waals surface area contributed by atoms with Crippen LogP contribution in [0.25, 0.3) is 0 Å². The molecule has 1 aromatic rings. The number of hydrogen-bond acceptors (Lipinski definition) is 4. The molecular weight excluding hydrogens is 234 g/mol. The summed E-state index contributed by atoms with van der Waals surface area (Å²) >= 11 is 4.62. The minimum absolute atomic E-state index is 0.0326. The third-order valence-electron chi connectivity index (χ3n) is 2.90.